The van der Waals surface area contributed by atoms with Gasteiger partial charge in [0.2, 0.25) is 0 Å². The zero-order valence-electron chi connectivity index (χ0n) is 16.8. The summed E-state index contributed by atoms with van der Waals surface area (Å²) < 4.78 is 5.48. The molecule has 2 aliphatic heterocycles. The molecular formula is C22H30N2O4. The highest BCUT2D eigenvalue weighted by Crippen LogP contribution is 2.37. The van der Waals surface area contributed by atoms with E-state index < -0.39 is 0 Å². The number of hydrogen-bond donors (Lipinski definition) is 1. The maximum Gasteiger partial charge on any atom is 0.277 e. The van der Waals surface area contributed by atoms with Crippen LogP contribution in [-0.2, 0) is 9.59 Å². The van der Waals surface area contributed by atoms with Gasteiger partial charge >= 0.3 is 0 Å². The van der Waals surface area contributed by atoms with E-state index in [0.717, 1.165) is 32.1 Å². The molecule has 0 spiro atoms. The molecule has 152 valence electrons. The molecule has 6 nitrogen and oxygen atoms in total. The van der Waals surface area contributed by atoms with Crippen LogP contribution in [0.4, 0.5) is 0 Å². The first-order valence-corrected chi connectivity index (χ1v) is 10.2. The van der Waals surface area contributed by atoms with Crippen molar-refractivity contribution >= 4 is 17.4 Å². The Morgan fingerprint density at radius 2 is 1.96 bits per heavy atom. The predicted molar refractivity (Wildman–Crippen MR) is 108 cm³/mol. The Kier molecular flexibility index (Phi) is 6.73. The van der Waals surface area contributed by atoms with E-state index in [0.29, 0.717) is 42.2 Å². The van der Waals surface area contributed by atoms with Gasteiger partial charge in [-0.15, -0.1) is 0 Å². The molecule has 1 aromatic carbocycles. The summed E-state index contributed by atoms with van der Waals surface area (Å²) >= 11 is 0. The first-order chi connectivity index (χ1) is 13.6. The van der Waals surface area contributed by atoms with E-state index in [2.05, 4.69) is 6.92 Å². The lowest BCUT2D eigenvalue weighted by Gasteiger charge is -2.34. The molecule has 3 rings (SSSR count). The van der Waals surface area contributed by atoms with Gasteiger partial charge in [-0.2, -0.15) is 0 Å². The summed E-state index contributed by atoms with van der Waals surface area (Å²) in [6, 6.07) is 7.35. The summed E-state index contributed by atoms with van der Waals surface area (Å²) in [6.07, 6.45) is 4.64. The first-order valence-electron chi connectivity index (χ1n) is 10.2. The number of likely N-dealkylation sites (tertiary alicyclic amines) is 1. The van der Waals surface area contributed by atoms with Gasteiger partial charge in [0.05, 0.1) is 12.7 Å². The molecule has 1 N–H and O–H groups in total. The van der Waals surface area contributed by atoms with Crippen molar-refractivity contribution in [3.05, 3.63) is 35.5 Å². The van der Waals surface area contributed by atoms with E-state index in [1.165, 1.54) is 4.90 Å². The summed E-state index contributed by atoms with van der Waals surface area (Å²) in [5.41, 5.74) is 1.55. The standard InChI is InChI=1S/C22H30N2O4/c1-3-4-7-13-24-21(26)19(17-10-5-6-11-18(17)28-2)20(22(24)27)23-12-8-9-16(14-23)15-25/h5-6,10-11,16,25H,3-4,7-9,12-15H2,1-2H3. The lowest BCUT2D eigenvalue weighted by atomic mass is 9.96. The highest BCUT2D eigenvalue weighted by molar-refractivity contribution is 6.36. The second-order valence-corrected chi connectivity index (χ2v) is 7.53. The van der Waals surface area contributed by atoms with Crippen molar-refractivity contribution in [3.8, 4) is 5.75 Å². The summed E-state index contributed by atoms with van der Waals surface area (Å²) in [6.45, 7) is 3.93. The Balaban J connectivity index is 2.02. The Hall–Kier alpha value is -2.34. The van der Waals surface area contributed by atoms with Gasteiger partial charge in [0.1, 0.15) is 11.4 Å². The average molecular weight is 386 g/mol. The Labute approximate surface area is 166 Å². The van der Waals surface area contributed by atoms with Gasteiger partial charge in [0, 0.05) is 31.8 Å². The minimum atomic E-state index is -0.244. The average Bonchev–Trinajstić information content (AvgIpc) is 2.98. The number of imide groups is 1. The molecule has 0 bridgehead atoms. The van der Waals surface area contributed by atoms with Gasteiger partial charge in [-0.3, -0.25) is 14.5 Å². The van der Waals surface area contributed by atoms with Gasteiger partial charge in [-0.05, 0) is 31.2 Å². The van der Waals surface area contributed by atoms with Crippen LogP contribution in [0.2, 0.25) is 0 Å². The lowest BCUT2D eigenvalue weighted by Crippen LogP contribution is -2.40. The fourth-order valence-electron chi connectivity index (χ4n) is 4.09. The lowest BCUT2D eigenvalue weighted by molar-refractivity contribution is -0.137. The number of aliphatic hydroxyl groups is 1. The predicted octanol–water partition coefficient (Wildman–Crippen LogP) is 2.67. The van der Waals surface area contributed by atoms with Crippen LogP contribution in [0.1, 0.15) is 44.6 Å². The number of ether oxygens (including phenoxy) is 1. The number of hydrogen-bond acceptors (Lipinski definition) is 5. The van der Waals surface area contributed by atoms with Crippen LogP contribution in [-0.4, -0.2) is 60.1 Å². The highest BCUT2D eigenvalue weighted by Gasteiger charge is 2.42. The topological polar surface area (TPSA) is 70.1 Å². The molecule has 0 aromatic heterocycles. The van der Waals surface area contributed by atoms with Gasteiger partial charge in [-0.25, -0.2) is 0 Å². The van der Waals surface area contributed by atoms with Crippen LogP contribution < -0.4 is 4.74 Å². The number of rotatable bonds is 8. The Bertz CT molecular complexity index is 759. The zero-order chi connectivity index (χ0) is 20.1. The molecule has 2 aliphatic rings. The van der Waals surface area contributed by atoms with Crippen molar-refractivity contribution in [2.45, 2.75) is 39.0 Å². The number of aliphatic hydroxyl groups excluding tert-OH is 1. The summed E-state index contributed by atoms with van der Waals surface area (Å²) in [5.74, 6) is 0.242. The van der Waals surface area contributed by atoms with Crippen LogP contribution in [0, 0.1) is 5.92 Å². The minimum Gasteiger partial charge on any atom is -0.496 e. The molecule has 1 fully saturated rings. The van der Waals surface area contributed by atoms with Crippen molar-refractivity contribution in [2.75, 3.05) is 33.4 Å². The van der Waals surface area contributed by atoms with E-state index in [9.17, 15) is 14.7 Å². The molecule has 1 saturated heterocycles. The summed E-state index contributed by atoms with van der Waals surface area (Å²) in [5, 5.41) is 9.60. The number of carbonyl (C=O) groups excluding carboxylic acids is 2. The quantitative estimate of drug-likeness (QED) is 0.549. The van der Waals surface area contributed by atoms with E-state index in [1.807, 2.05) is 29.2 Å². The van der Waals surface area contributed by atoms with Crippen molar-refractivity contribution in [1.29, 1.82) is 0 Å². The molecule has 2 heterocycles. The molecule has 1 unspecified atom stereocenters. The number of para-hydroxylation sites is 1. The summed E-state index contributed by atoms with van der Waals surface area (Å²) in [7, 11) is 1.57. The van der Waals surface area contributed by atoms with E-state index in [-0.39, 0.29) is 24.3 Å². The number of piperidine rings is 1. The van der Waals surface area contributed by atoms with Crippen LogP contribution in [0.25, 0.3) is 5.57 Å². The molecule has 1 aromatic rings. The van der Waals surface area contributed by atoms with E-state index in [4.69, 9.17) is 4.74 Å². The number of methoxy groups -OCH3 is 1. The van der Waals surface area contributed by atoms with E-state index >= 15 is 0 Å². The van der Waals surface area contributed by atoms with Crippen LogP contribution in [0.15, 0.2) is 30.0 Å². The fourth-order valence-corrected chi connectivity index (χ4v) is 4.09. The number of amides is 2. The molecule has 0 aliphatic carbocycles. The second kappa shape index (κ2) is 9.24. The van der Waals surface area contributed by atoms with Gasteiger partial charge in [-0.1, -0.05) is 38.0 Å². The van der Waals surface area contributed by atoms with Crippen molar-refractivity contribution in [3.63, 3.8) is 0 Å². The monoisotopic (exact) mass is 386 g/mol. The Morgan fingerprint density at radius 1 is 1.18 bits per heavy atom. The molecular weight excluding hydrogens is 356 g/mol. The minimum absolute atomic E-state index is 0.0934. The third-order valence-corrected chi connectivity index (χ3v) is 5.60. The van der Waals surface area contributed by atoms with Gasteiger partial charge in [0.25, 0.3) is 11.8 Å². The normalized spacial score (nSPS) is 20.3. The Morgan fingerprint density at radius 3 is 2.68 bits per heavy atom. The zero-order valence-corrected chi connectivity index (χ0v) is 16.8. The SMILES string of the molecule is CCCCCN1C(=O)C(c2ccccc2OC)=C(N2CCCC(CO)C2)C1=O. The van der Waals surface area contributed by atoms with Crippen molar-refractivity contribution < 1.29 is 19.4 Å². The number of unbranched alkanes of at least 4 members (excludes halogenated alkanes) is 2. The van der Waals surface area contributed by atoms with Crippen molar-refractivity contribution in [1.82, 2.24) is 9.80 Å². The highest BCUT2D eigenvalue weighted by atomic mass is 16.5. The molecule has 2 amide bonds. The van der Waals surface area contributed by atoms with Gasteiger partial charge < -0.3 is 14.7 Å². The maximum atomic E-state index is 13.3. The van der Waals surface area contributed by atoms with Crippen LogP contribution >= 0.6 is 0 Å². The maximum absolute atomic E-state index is 13.3. The van der Waals surface area contributed by atoms with E-state index in [1.54, 1.807) is 7.11 Å². The second-order valence-electron chi connectivity index (χ2n) is 7.53. The molecule has 0 radical (unpaired) electrons. The molecule has 28 heavy (non-hydrogen) atoms. The van der Waals surface area contributed by atoms with Crippen molar-refractivity contribution in [2.24, 2.45) is 5.92 Å². The van der Waals surface area contributed by atoms with Crippen LogP contribution in [0.5, 0.6) is 5.75 Å². The molecule has 0 saturated carbocycles. The molecule has 1 atom stereocenters. The number of nitrogens with zero attached hydrogens (tertiary/aromatic N) is 2. The molecule has 6 heteroatoms. The largest absolute Gasteiger partial charge is 0.496 e. The van der Waals surface area contributed by atoms with Gasteiger partial charge in [0.15, 0.2) is 0 Å². The van der Waals surface area contributed by atoms with Crippen LogP contribution in [0.3, 0.4) is 0 Å². The first kappa shape index (κ1) is 20.4. The third-order valence-electron chi connectivity index (χ3n) is 5.60. The summed E-state index contributed by atoms with van der Waals surface area (Å²) in [4.78, 5) is 30.0. The third kappa shape index (κ3) is 3.92. The number of benzene rings is 1. The fraction of sp³-hybridized carbons (Fsp3) is 0.545. The number of carbonyl (C=O) groups is 2. The smallest absolute Gasteiger partial charge is 0.277 e.